The Kier molecular flexibility index (Phi) is 3.55. The lowest BCUT2D eigenvalue weighted by Gasteiger charge is -2.09. The molecule has 5 heteroatoms. The molecule has 3 aromatic rings. The Morgan fingerprint density at radius 3 is 2.65 bits per heavy atom. The molecule has 2 aromatic carbocycles. The fourth-order valence-corrected chi connectivity index (χ4v) is 2.68. The summed E-state index contributed by atoms with van der Waals surface area (Å²) in [6.07, 6.45) is 1.99. The van der Waals surface area contributed by atoms with E-state index < -0.39 is 0 Å². The number of anilines is 1. The average molecular weight is 306 g/mol. The summed E-state index contributed by atoms with van der Waals surface area (Å²) in [5.74, 6) is 0. The predicted molar refractivity (Wildman–Crippen MR) is 84.5 cm³/mol. The molecule has 0 saturated carbocycles. The zero-order valence-electron chi connectivity index (χ0n) is 10.9. The number of benzene rings is 2. The molecule has 0 atom stereocenters. The van der Waals surface area contributed by atoms with Crippen LogP contribution in [0, 0.1) is 0 Å². The highest BCUT2D eigenvalue weighted by Gasteiger charge is 2.06. The molecule has 3 rings (SSSR count). The zero-order chi connectivity index (χ0) is 14.1. The third kappa shape index (κ3) is 2.60. The quantitative estimate of drug-likeness (QED) is 0.772. The van der Waals surface area contributed by atoms with Crippen LogP contribution in [-0.2, 0) is 13.6 Å². The summed E-state index contributed by atoms with van der Waals surface area (Å²) in [6, 6.07) is 11.6. The largest absolute Gasteiger partial charge is 0.381 e. The van der Waals surface area contributed by atoms with Gasteiger partial charge in [0.25, 0.3) is 0 Å². The molecule has 0 aliphatic carbocycles. The molecule has 0 bridgehead atoms. The number of aryl methyl sites for hydroxylation is 1. The van der Waals surface area contributed by atoms with Crippen molar-refractivity contribution in [3.05, 3.63) is 58.2 Å². The minimum absolute atomic E-state index is 0.588. The molecular weight excluding hydrogens is 293 g/mol. The van der Waals surface area contributed by atoms with Gasteiger partial charge in [-0.1, -0.05) is 29.3 Å². The van der Waals surface area contributed by atoms with Crippen molar-refractivity contribution >= 4 is 39.8 Å². The number of fused-ring (bicyclic) bond motifs is 1. The number of aromatic nitrogens is 2. The van der Waals surface area contributed by atoms with Crippen LogP contribution in [0.5, 0.6) is 0 Å². The third-order valence-electron chi connectivity index (χ3n) is 3.15. The van der Waals surface area contributed by atoms with Gasteiger partial charge in [0.1, 0.15) is 0 Å². The average Bonchev–Trinajstić information content (AvgIpc) is 2.77. The van der Waals surface area contributed by atoms with Crippen molar-refractivity contribution in [2.75, 3.05) is 5.32 Å². The second kappa shape index (κ2) is 5.35. The number of nitrogens with one attached hydrogen (secondary N) is 1. The second-order valence-electron chi connectivity index (χ2n) is 4.63. The summed E-state index contributed by atoms with van der Waals surface area (Å²) in [5.41, 5.74) is 2.90. The van der Waals surface area contributed by atoms with Crippen molar-refractivity contribution in [1.29, 1.82) is 0 Å². The fourth-order valence-electron chi connectivity index (χ4n) is 2.15. The molecule has 0 spiro atoms. The molecule has 102 valence electrons. The Labute approximate surface area is 127 Å². The molecule has 0 amide bonds. The SMILES string of the molecule is Cn1cc2cc(NCc3c(Cl)cccc3Cl)ccc2n1. The lowest BCUT2D eigenvalue weighted by molar-refractivity contribution is 0.780. The van der Waals surface area contributed by atoms with Crippen molar-refractivity contribution in [2.24, 2.45) is 7.05 Å². The first kappa shape index (κ1) is 13.3. The lowest BCUT2D eigenvalue weighted by Crippen LogP contribution is -2.00. The maximum absolute atomic E-state index is 6.16. The molecular formula is C15H13Cl2N3. The van der Waals surface area contributed by atoms with E-state index in [9.17, 15) is 0 Å². The van der Waals surface area contributed by atoms with Crippen molar-refractivity contribution in [3.63, 3.8) is 0 Å². The number of nitrogens with zero attached hydrogens (tertiary/aromatic N) is 2. The van der Waals surface area contributed by atoms with Gasteiger partial charge < -0.3 is 5.32 Å². The number of rotatable bonds is 3. The van der Waals surface area contributed by atoms with Crippen LogP contribution in [0.15, 0.2) is 42.6 Å². The van der Waals surface area contributed by atoms with Crippen LogP contribution in [0.3, 0.4) is 0 Å². The monoisotopic (exact) mass is 305 g/mol. The van der Waals surface area contributed by atoms with E-state index in [0.29, 0.717) is 16.6 Å². The normalized spacial score (nSPS) is 10.9. The Bertz CT molecular complexity index is 745. The zero-order valence-corrected chi connectivity index (χ0v) is 12.4. The Morgan fingerprint density at radius 1 is 1.15 bits per heavy atom. The lowest BCUT2D eigenvalue weighted by atomic mass is 10.2. The number of hydrogen-bond acceptors (Lipinski definition) is 2. The van der Waals surface area contributed by atoms with E-state index in [1.807, 2.05) is 43.6 Å². The number of halogens is 2. The maximum Gasteiger partial charge on any atom is 0.0924 e. The van der Waals surface area contributed by atoms with Gasteiger partial charge in [0, 0.05) is 46.5 Å². The topological polar surface area (TPSA) is 29.9 Å². The number of hydrogen-bond donors (Lipinski definition) is 1. The van der Waals surface area contributed by atoms with Crippen LogP contribution in [0.1, 0.15) is 5.56 Å². The Hall–Kier alpha value is -1.71. The molecule has 1 heterocycles. The first-order chi connectivity index (χ1) is 9.63. The van der Waals surface area contributed by atoms with Gasteiger partial charge in [0.2, 0.25) is 0 Å². The fraction of sp³-hybridized carbons (Fsp3) is 0.133. The summed E-state index contributed by atoms with van der Waals surface area (Å²) in [7, 11) is 1.91. The van der Waals surface area contributed by atoms with E-state index >= 15 is 0 Å². The highest BCUT2D eigenvalue weighted by atomic mass is 35.5. The van der Waals surface area contributed by atoms with Gasteiger partial charge in [-0.3, -0.25) is 4.68 Å². The van der Waals surface area contributed by atoms with Gasteiger partial charge in [-0.05, 0) is 30.3 Å². The maximum atomic E-state index is 6.16. The molecule has 1 N–H and O–H groups in total. The minimum atomic E-state index is 0.588. The van der Waals surface area contributed by atoms with E-state index in [0.717, 1.165) is 22.2 Å². The Morgan fingerprint density at radius 2 is 1.90 bits per heavy atom. The van der Waals surface area contributed by atoms with Crippen LogP contribution in [0.4, 0.5) is 5.69 Å². The van der Waals surface area contributed by atoms with Gasteiger partial charge in [0.05, 0.1) is 5.52 Å². The van der Waals surface area contributed by atoms with E-state index in [1.165, 1.54) is 0 Å². The molecule has 0 aliphatic heterocycles. The minimum Gasteiger partial charge on any atom is -0.381 e. The molecule has 0 unspecified atom stereocenters. The highest BCUT2D eigenvalue weighted by molar-refractivity contribution is 6.36. The van der Waals surface area contributed by atoms with Crippen molar-refractivity contribution in [3.8, 4) is 0 Å². The first-order valence-corrected chi connectivity index (χ1v) is 6.99. The highest BCUT2D eigenvalue weighted by Crippen LogP contribution is 2.26. The smallest absolute Gasteiger partial charge is 0.0924 e. The molecule has 0 radical (unpaired) electrons. The van der Waals surface area contributed by atoms with E-state index in [4.69, 9.17) is 23.2 Å². The standard InChI is InChI=1S/C15H13Cl2N3/c1-20-9-10-7-11(5-6-15(10)19-20)18-8-12-13(16)3-2-4-14(12)17/h2-7,9,18H,8H2,1H3. The van der Waals surface area contributed by atoms with E-state index in [1.54, 1.807) is 4.68 Å². The molecule has 0 fully saturated rings. The van der Waals surface area contributed by atoms with E-state index in [-0.39, 0.29) is 0 Å². The summed E-state index contributed by atoms with van der Waals surface area (Å²) in [5, 5.41) is 10.1. The molecule has 3 nitrogen and oxygen atoms in total. The third-order valence-corrected chi connectivity index (χ3v) is 3.86. The summed E-state index contributed by atoms with van der Waals surface area (Å²) < 4.78 is 1.80. The first-order valence-electron chi connectivity index (χ1n) is 6.23. The summed E-state index contributed by atoms with van der Waals surface area (Å²) >= 11 is 12.3. The molecule has 0 aliphatic rings. The van der Waals surface area contributed by atoms with Crippen LogP contribution < -0.4 is 5.32 Å². The van der Waals surface area contributed by atoms with Gasteiger partial charge >= 0.3 is 0 Å². The van der Waals surface area contributed by atoms with Gasteiger partial charge in [0.15, 0.2) is 0 Å². The van der Waals surface area contributed by atoms with Crippen LogP contribution in [0.25, 0.3) is 10.9 Å². The van der Waals surface area contributed by atoms with Crippen LogP contribution >= 0.6 is 23.2 Å². The van der Waals surface area contributed by atoms with E-state index in [2.05, 4.69) is 16.5 Å². The van der Waals surface area contributed by atoms with Gasteiger partial charge in [-0.25, -0.2) is 0 Å². The Balaban J connectivity index is 1.83. The summed E-state index contributed by atoms with van der Waals surface area (Å²) in [4.78, 5) is 0. The van der Waals surface area contributed by atoms with Crippen molar-refractivity contribution in [1.82, 2.24) is 9.78 Å². The molecule has 1 aromatic heterocycles. The van der Waals surface area contributed by atoms with Gasteiger partial charge in [-0.15, -0.1) is 0 Å². The van der Waals surface area contributed by atoms with Crippen LogP contribution in [-0.4, -0.2) is 9.78 Å². The molecule has 20 heavy (non-hydrogen) atoms. The predicted octanol–water partition coefficient (Wildman–Crippen LogP) is 4.49. The summed E-state index contributed by atoms with van der Waals surface area (Å²) in [6.45, 7) is 0.588. The van der Waals surface area contributed by atoms with Crippen molar-refractivity contribution in [2.45, 2.75) is 6.54 Å². The van der Waals surface area contributed by atoms with Crippen LogP contribution in [0.2, 0.25) is 10.0 Å². The molecule has 0 saturated heterocycles. The van der Waals surface area contributed by atoms with Gasteiger partial charge in [-0.2, -0.15) is 5.10 Å². The second-order valence-corrected chi connectivity index (χ2v) is 5.44. The van der Waals surface area contributed by atoms with Crippen molar-refractivity contribution < 1.29 is 0 Å².